The van der Waals surface area contributed by atoms with Crippen molar-refractivity contribution >= 4 is 0 Å². The van der Waals surface area contributed by atoms with Crippen LogP contribution in [0.1, 0.15) is 53.7 Å². The molecule has 1 fully saturated rings. The topological polar surface area (TPSA) is 43.8 Å². The van der Waals surface area contributed by atoms with Crippen molar-refractivity contribution in [2.45, 2.75) is 38.1 Å². The Labute approximate surface area is 114 Å². The van der Waals surface area contributed by atoms with Crippen LogP contribution < -0.4 is 5.73 Å². The van der Waals surface area contributed by atoms with E-state index in [0.717, 1.165) is 17.3 Å². The number of benzene rings is 1. The van der Waals surface area contributed by atoms with E-state index in [0.29, 0.717) is 0 Å². The number of nitrogens with two attached hydrogens (primary N) is 1. The monoisotopic (exact) mass is 255 g/mol. The second-order valence-electron chi connectivity index (χ2n) is 5.61. The summed E-state index contributed by atoms with van der Waals surface area (Å²) >= 11 is 0. The predicted molar refractivity (Wildman–Crippen MR) is 77.0 cm³/mol. The van der Waals surface area contributed by atoms with Crippen molar-refractivity contribution in [3.63, 3.8) is 0 Å². The number of aromatic nitrogens is 2. The quantitative estimate of drug-likeness (QED) is 0.916. The third kappa shape index (κ3) is 2.30. The molecule has 0 spiro atoms. The van der Waals surface area contributed by atoms with Crippen LogP contribution in [-0.4, -0.2) is 9.78 Å². The van der Waals surface area contributed by atoms with E-state index >= 15 is 0 Å². The molecule has 100 valence electrons. The van der Waals surface area contributed by atoms with Gasteiger partial charge in [-0.3, -0.25) is 4.68 Å². The minimum atomic E-state index is -0.0915. The Bertz CT molecular complexity index is 581. The predicted octanol–water partition coefficient (Wildman–Crippen LogP) is 3.04. The number of rotatable bonds is 3. The molecule has 1 unspecified atom stereocenters. The molecule has 19 heavy (non-hydrogen) atoms. The Kier molecular flexibility index (Phi) is 3.15. The van der Waals surface area contributed by atoms with Gasteiger partial charge in [-0.1, -0.05) is 30.7 Å². The van der Waals surface area contributed by atoms with Crippen LogP contribution in [0.3, 0.4) is 0 Å². The standard InChI is InChI=1S/C16H21N3/c1-11-9-15(19(2)18-11)16(17)14-8-4-7-13(10-14)12-5-3-6-12/h4,7-10,12,16H,3,5-6,17H2,1-2H3. The van der Waals surface area contributed by atoms with Crippen molar-refractivity contribution < 1.29 is 0 Å². The fourth-order valence-corrected chi connectivity index (χ4v) is 2.84. The molecule has 0 amide bonds. The summed E-state index contributed by atoms with van der Waals surface area (Å²) in [7, 11) is 1.96. The van der Waals surface area contributed by atoms with Gasteiger partial charge in [-0.2, -0.15) is 5.10 Å². The van der Waals surface area contributed by atoms with E-state index < -0.39 is 0 Å². The average molecular weight is 255 g/mol. The summed E-state index contributed by atoms with van der Waals surface area (Å²) < 4.78 is 1.88. The van der Waals surface area contributed by atoms with Crippen molar-refractivity contribution in [1.82, 2.24) is 9.78 Å². The first kappa shape index (κ1) is 12.4. The highest BCUT2D eigenvalue weighted by atomic mass is 15.3. The van der Waals surface area contributed by atoms with Gasteiger partial charge in [0, 0.05) is 7.05 Å². The lowest BCUT2D eigenvalue weighted by Crippen LogP contribution is -2.17. The first-order valence-electron chi connectivity index (χ1n) is 7.01. The molecule has 1 atom stereocenters. The van der Waals surface area contributed by atoms with Gasteiger partial charge in [0.25, 0.3) is 0 Å². The van der Waals surface area contributed by atoms with Gasteiger partial charge in [-0.15, -0.1) is 0 Å². The maximum Gasteiger partial charge on any atom is 0.0723 e. The summed E-state index contributed by atoms with van der Waals surface area (Å²) in [6, 6.07) is 10.7. The highest BCUT2D eigenvalue weighted by Gasteiger charge is 2.21. The molecule has 2 aromatic rings. The zero-order chi connectivity index (χ0) is 13.4. The van der Waals surface area contributed by atoms with Crippen LogP contribution in [0.25, 0.3) is 0 Å². The van der Waals surface area contributed by atoms with E-state index in [-0.39, 0.29) is 6.04 Å². The molecule has 1 saturated carbocycles. The van der Waals surface area contributed by atoms with Crippen LogP contribution in [0.5, 0.6) is 0 Å². The lowest BCUT2D eigenvalue weighted by molar-refractivity contribution is 0.419. The van der Waals surface area contributed by atoms with E-state index in [4.69, 9.17) is 5.73 Å². The second kappa shape index (κ2) is 4.82. The number of hydrogen-bond donors (Lipinski definition) is 1. The molecular weight excluding hydrogens is 234 g/mol. The van der Waals surface area contributed by atoms with E-state index in [1.807, 2.05) is 18.7 Å². The zero-order valence-electron chi connectivity index (χ0n) is 11.6. The van der Waals surface area contributed by atoms with Crippen LogP contribution in [0.4, 0.5) is 0 Å². The van der Waals surface area contributed by atoms with Crippen molar-refractivity contribution in [3.8, 4) is 0 Å². The maximum absolute atomic E-state index is 6.40. The summed E-state index contributed by atoms with van der Waals surface area (Å²) in [4.78, 5) is 0. The third-order valence-corrected chi connectivity index (χ3v) is 4.20. The van der Waals surface area contributed by atoms with Crippen molar-refractivity contribution in [2.24, 2.45) is 12.8 Å². The van der Waals surface area contributed by atoms with Gasteiger partial charge in [0.15, 0.2) is 0 Å². The summed E-state index contributed by atoms with van der Waals surface area (Å²) in [5.74, 6) is 0.750. The molecule has 0 saturated heterocycles. The molecule has 1 heterocycles. The molecule has 1 aromatic heterocycles. The molecule has 0 radical (unpaired) electrons. The van der Waals surface area contributed by atoms with Crippen molar-refractivity contribution in [2.75, 3.05) is 0 Å². The van der Waals surface area contributed by atoms with Gasteiger partial charge in [0.1, 0.15) is 0 Å². The first-order valence-corrected chi connectivity index (χ1v) is 7.01. The normalized spacial score (nSPS) is 17.2. The number of aryl methyl sites for hydroxylation is 2. The Hall–Kier alpha value is -1.61. The lowest BCUT2D eigenvalue weighted by atomic mass is 9.79. The molecule has 3 nitrogen and oxygen atoms in total. The van der Waals surface area contributed by atoms with Crippen LogP contribution in [0.2, 0.25) is 0 Å². The molecule has 2 N–H and O–H groups in total. The highest BCUT2D eigenvalue weighted by Crippen LogP contribution is 2.37. The fraction of sp³-hybridized carbons (Fsp3) is 0.438. The highest BCUT2D eigenvalue weighted by molar-refractivity contribution is 5.34. The maximum atomic E-state index is 6.40. The molecule has 1 aliphatic carbocycles. The third-order valence-electron chi connectivity index (χ3n) is 4.20. The number of hydrogen-bond acceptors (Lipinski definition) is 2. The Morgan fingerprint density at radius 1 is 1.32 bits per heavy atom. The minimum absolute atomic E-state index is 0.0915. The summed E-state index contributed by atoms with van der Waals surface area (Å²) in [5, 5.41) is 4.38. The smallest absolute Gasteiger partial charge is 0.0723 e. The van der Waals surface area contributed by atoms with Crippen LogP contribution >= 0.6 is 0 Å². The lowest BCUT2D eigenvalue weighted by Gasteiger charge is -2.26. The van der Waals surface area contributed by atoms with Gasteiger partial charge < -0.3 is 5.73 Å². The Morgan fingerprint density at radius 2 is 2.11 bits per heavy atom. The van der Waals surface area contributed by atoms with E-state index in [9.17, 15) is 0 Å². The fourth-order valence-electron chi connectivity index (χ4n) is 2.84. The van der Waals surface area contributed by atoms with Crippen molar-refractivity contribution in [1.29, 1.82) is 0 Å². The summed E-state index contributed by atoms with van der Waals surface area (Å²) in [6.45, 7) is 2.00. The van der Waals surface area contributed by atoms with Gasteiger partial charge >= 0.3 is 0 Å². The minimum Gasteiger partial charge on any atom is -0.319 e. The molecule has 3 heteroatoms. The average Bonchev–Trinajstić information content (AvgIpc) is 2.66. The molecular formula is C16H21N3. The van der Waals surface area contributed by atoms with Gasteiger partial charge in [0.05, 0.1) is 17.4 Å². The Balaban J connectivity index is 1.90. The van der Waals surface area contributed by atoms with E-state index in [1.54, 1.807) is 0 Å². The van der Waals surface area contributed by atoms with Crippen molar-refractivity contribution in [3.05, 3.63) is 52.8 Å². The van der Waals surface area contributed by atoms with Gasteiger partial charge in [-0.05, 0) is 42.9 Å². The zero-order valence-corrected chi connectivity index (χ0v) is 11.6. The Morgan fingerprint density at radius 3 is 2.68 bits per heavy atom. The summed E-state index contributed by atoms with van der Waals surface area (Å²) in [5.41, 5.74) is 11.1. The van der Waals surface area contributed by atoms with Crippen LogP contribution in [0.15, 0.2) is 30.3 Å². The summed E-state index contributed by atoms with van der Waals surface area (Å²) in [6.07, 6.45) is 4.01. The van der Waals surface area contributed by atoms with Crippen LogP contribution in [-0.2, 0) is 7.05 Å². The van der Waals surface area contributed by atoms with Crippen LogP contribution in [0, 0.1) is 6.92 Å². The van der Waals surface area contributed by atoms with E-state index in [2.05, 4.69) is 35.4 Å². The second-order valence-corrected chi connectivity index (χ2v) is 5.61. The number of nitrogens with zero attached hydrogens (tertiary/aromatic N) is 2. The molecule has 3 rings (SSSR count). The van der Waals surface area contributed by atoms with Gasteiger partial charge in [0.2, 0.25) is 0 Å². The SMILES string of the molecule is Cc1cc(C(N)c2cccc(C3CCC3)c2)n(C)n1. The molecule has 0 aliphatic heterocycles. The molecule has 0 bridgehead atoms. The molecule has 1 aliphatic rings. The van der Waals surface area contributed by atoms with Gasteiger partial charge in [-0.25, -0.2) is 0 Å². The first-order chi connectivity index (χ1) is 9.15. The van der Waals surface area contributed by atoms with E-state index in [1.165, 1.54) is 30.4 Å². The largest absolute Gasteiger partial charge is 0.319 e. The molecule has 1 aromatic carbocycles.